The molecule has 7 nitrogen and oxygen atoms in total. The number of hydrogen-bond donors (Lipinski definition) is 1. The number of pyridine rings is 1. The Bertz CT molecular complexity index is 775. The lowest BCUT2D eigenvalue weighted by molar-refractivity contribution is 0.0730. The van der Waals surface area contributed by atoms with Gasteiger partial charge in [-0.15, -0.1) is 0 Å². The Morgan fingerprint density at radius 3 is 3.00 bits per heavy atom. The van der Waals surface area contributed by atoms with Crippen LogP contribution in [0.15, 0.2) is 24.5 Å². The van der Waals surface area contributed by atoms with Crippen molar-refractivity contribution in [2.75, 3.05) is 12.3 Å². The summed E-state index contributed by atoms with van der Waals surface area (Å²) in [5.41, 5.74) is 8.09. The first-order valence-electron chi connectivity index (χ1n) is 8.21. The number of rotatable bonds is 3. The maximum absolute atomic E-state index is 12.8. The van der Waals surface area contributed by atoms with Gasteiger partial charge in [-0.3, -0.25) is 4.79 Å². The molecule has 0 spiro atoms. The van der Waals surface area contributed by atoms with E-state index in [0.717, 1.165) is 24.1 Å². The number of nitrogens with zero attached hydrogens (tertiary/aromatic N) is 4. The summed E-state index contributed by atoms with van der Waals surface area (Å²) >= 11 is 0. The SMILES string of the molecule is Nc1ncc2c(n1)CCN(C(=O)c1ccnc(OC3CCC3)c1)C2. The normalized spacial score (nSPS) is 17.1. The summed E-state index contributed by atoms with van der Waals surface area (Å²) in [7, 11) is 0. The Hall–Kier alpha value is -2.70. The predicted molar refractivity (Wildman–Crippen MR) is 87.4 cm³/mol. The van der Waals surface area contributed by atoms with Gasteiger partial charge in [-0.25, -0.2) is 15.0 Å². The minimum absolute atomic E-state index is 0.0293. The largest absolute Gasteiger partial charge is 0.474 e. The van der Waals surface area contributed by atoms with Crippen LogP contribution in [-0.2, 0) is 13.0 Å². The number of carbonyl (C=O) groups is 1. The second-order valence-corrected chi connectivity index (χ2v) is 6.23. The van der Waals surface area contributed by atoms with Gasteiger partial charge in [0, 0.05) is 49.1 Å². The molecule has 2 aromatic heterocycles. The zero-order valence-corrected chi connectivity index (χ0v) is 13.3. The third kappa shape index (κ3) is 2.89. The molecule has 0 bridgehead atoms. The summed E-state index contributed by atoms with van der Waals surface area (Å²) in [6, 6.07) is 3.46. The molecule has 1 aliphatic carbocycles. The van der Waals surface area contributed by atoms with Gasteiger partial charge in [0.25, 0.3) is 5.91 Å². The van der Waals surface area contributed by atoms with Gasteiger partial charge in [-0.05, 0) is 25.3 Å². The van der Waals surface area contributed by atoms with Crippen molar-refractivity contribution in [3.63, 3.8) is 0 Å². The molecule has 2 N–H and O–H groups in total. The first-order valence-corrected chi connectivity index (χ1v) is 8.21. The first-order chi connectivity index (χ1) is 11.7. The Morgan fingerprint density at radius 1 is 1.33 bits per heavy atom. The van der Waals surface area contributed by atoms with E-state index in [0.29, 0.717) is 31.0 Å². The summed E-state index contributed by atoms with van der Waals surface area (Å²) in [4.78, 5) is 27.0. The van der Waals surface area contributed by atoms with E-state index < -0.39 is 0 Å². The standard InChI is InChI=1S/C17H19N5O2/c18-17-20-9-12-10-22(7-5-14(12)21-17)16(23)11-4-6-19-15(8-11)24-13-2-1-3-13/h4,6,8-9,13H,1-3,5,7,10H2,(H2,18,20,21). The summed E-state index contributed by atoms with van der Waals surface area (Å²) < 4.78 is 5.78. The average Bonchev–Trinajstić information content (AvgIpc) is 2.57. The molecule has 7 heteroatoms. The quantitative estimate of drug-likeness (QED) is 0.921. The number of amides is 1. The molecule has 3 heterocycles. The predicted octanol–water partition coefficient (Wildman–Crippen LogP) is 1.58. The van der Waals surface area contributed by atoms with E-state index in [4.69, 9.17) is 10.5 Å². The minimum Gasteiger partial charge on any atom is -0.474 e. The van der Waals surface area contributed by atoms with Crippen molar-refractivity contribution in [3.05, 3.63) is 41.3 Å². The summed E-state index contributed by atoms with van der Waals surface area (Å²) in [6.45, 7) is 1.11. The van der Waals surface area contributed by atoms with Crippen LogP contribution in [0.25, 0.3) is 0 Å². The van der Waals surface area contributed by atoms with E-state index in [1.807, 2.05) is 0 Å². The molecule has 0 aromatic carbocycles. The van der Waals surface area contributed by atoms with Crippen LogP contribution in [0.3, 0.4) is 0 Å². The second-order valence-electron chi connectivity index (χ2n) is 6.23. The smallest absolute Gasteiger partial charge is 0.254 e. The van der Waals surface area contributed by atoms with E-state index in [9.17, 15) is 4.79 Å². The number of nitrogen functional groups attached to an aromatic ring is 1. The van der Waals surface area contributed by atoms with Crippen molar-refractivity contribution in [2.45, 2.75) is 38.3 Å². The van der Waals surface area contributed by atoms with Crippen LogP contribution < -0.4 is 10.5 Å². The molecule has 1 amide bonds. The van der Waals surface area contributed by atoms with E-state index in [1.165, 1.54) is 6.42 Å². The van der Waals surface area contributed by atoms with Gasteiger partial charge in [0.2, 0.25) is 11.8 Å². The number of carbonyl (C=O) groups excluding carboxylic acids is 1. The fraction of sp³-hybridized carbons (Fsp3) is 0.412. The lowest BCUT2D eigenvalue weighted by Gasteiger charge is -2.28. The number of fused-ring (bicyclic) bond motifs is 1. The van der Waals surface area contributed by atoms with Crippen LogP contribution in [-0.4, -0.2) is 38.4 Å². The monoisotopic (exact) mass is 325 g/mol. The van der Waals surface area contributed by atoms with E-state index in [-0.39, 0.29) is 18.0 Å². The van der Waals surface area contributed by atoms with Crippen molar-refractivity contribution < 1.29 is 9.53 Å². The number of ether oxygens (including phenoxy) is 1. The zero-order chi connectivity index (χ0) is 16.5. The maximum Gasteiger partial charge on any atom is 0.254 e. The van der Waals surface area contributed by atoms with Crippen molar-refractivity contribution in [2.24, 2.45) is 0 Å². The molecule has 2 aromatic rings. The summed E-state index contributed by atoms with van der Waals surface area (Å²) in [6.07, 6.45) is 7.58. The second kappa shape index (κ2) is 6.07. The molecule has 0 atom stereocenters. The molecule has 0 radical (unpaired) electrons. The first kappa shape index (κ1) is 14.9. The Kier molecular flexibility index (Phi) is 3.76. The highest BCUT2D eigenvalue weighted by Crippen LogP contribution is 2.25. The van der Waals surface area contributed by atoms with Gasteiger partial charge in [0.15, 0.2) is 0 Å². The molecule has 0 unspecified atom stereocenters. The zero-order valence-electron chi connectivity index (χ0n) is 13.3. The maximum atomic E-state index is 12.8. The third-order valence-electron chi connectivity index (χ3n) is 4.56. The van der Waals surface area contributed by atoms with Crippen LogP contribution in [0, 0.1) is 0 Å². The minimum atomic E-state index is -0.0293. The average molecular weight is 325 g/mol. The highest BCUT2D eigenvalue weighted by atomic mass is 16.5. The van der Waals surface area contributed by atoms with Crippen LogP contribution in [0.2, 0.25) is 0 Å². The lowest BCUT2D eigenvalue weighted by atomic mass is 9.96. The molecular weight excluding hydrogens is 306 g/mol. The lowest BCUT2D eigenvalue weighted by Crippen LogP contribution is -2.36. The number of hydrogen-bond acceptors (Lipinski definition) is 6. The van der Waals surface area contributed by atoms with Crippen molar-refractivity contribution >= 4 is 11.9 Å². The number of nitrogens with two attached hydrogens (primary N) is 1. The van der Waals surface area contributed by atoms with Gasteiger partial charge in [-0.1, -0.05) is 0 Å². The Balaban J connectivity index is 1.49. The number of aromatic nitrogens is 3. The van der Waals surface area contributed by atoms with Crippen molar-refractivity contribution in [1.29, 1.82) is 0 Å². The Labute approximate surface area is 139 Å². The molecule has 1 aliphatic heterocycles. The van der Waals surface area contributed by atoms with Gasteiger partial charge < -0.3 is 15.4 Å². The van der Waals surface area contributed by atoms with Crippen LogP contribution in [0.4, 0.5) is 5.95 Å². The van der Waals surface area contributed by atoms with Crippen molar-refractivity contribution in [3.8, 4) is 5.88 Å². The van der Waals surface area contributed by atoms with Gasteiger partial charge in [-0.2, -0.15) is 0 Å². The molecule has 1 fully saturated rings. The highest BCUT2D eigenvalue weighted by molar-refractivity contribution is 5.94. The van der Waals surface area contributed by atoms with E-state index in [2.05, 4.69) is 15.0 Å². The molecule has 1 saturated carbocycles. The van der Waals surface area contributed by atoms with Crippen LogP contribution in [0.1, 0.15) is 40.9 Å². The Morgan fingerprint density at radius 2 is 2.21 bits per heavy atom. The number of anilines is 1. The van der Waals surface area contributed by atoms with Crippen molar-refractivity contribution in [1.82, 2.24) is 19.9 Å². The molecular formula is C17H19N5O2. The van der Waals surface area contributed by atoms with E-state index >= 15 is 0 Å². The molecule has 124 valence electrons. The summed E-state index contributed by atoms with van der Waals surface area (Å²) in [5, 5.41) is 0. The fourth-order valence-electron chi connectivity index (χ4n) is 2.95. The summed E-state index contributed by atoms with van der Waals surface area (Å²) in [5.74, 6) is 0.776. The molecule has 2 aliphatic rings. The molecule has 0 saturated heterocycles. The topological polar surface area (TPSA) is 94.2 Å². The van der Waals surface area contributed by atoms with Crippen LogP contribution in [0.5, 0.6) is 5.88 Å². The highest BCUT2D eigenvalue weighted by Gasteiger charge is 2.24. The van der Waals surface area contributed by atoms with Gasteiger partial charge >= 0.3 is 0 Å². The fourth-order valence-corrected chi connectivity index (χ4v) is 2.95. The molecule has 4 rings (SSSR count). The van der Waals surface area contributed by atoms with Gasteiger partial charge in [0.1, 0.15) is 6.10 Å². The van der Waals surface area contributed by atoms with Gasteiger partial charge in [0.05, 0.1) is 5.69 Å². The third-order valence-corrected chi connectivity index (χ3v) is 4.56. The molecule has 24 heavy (non-hydrogen) atoms. The van der Waals surface area contributed by atoms with E-state index in [1.54, 1.807) is 29.4 Å². The van der Waals surface area contributed by atoms with Crippen LogP contribution >= 0.6 is 0 Å².